The topological polar surface area (TPSA) is 69.6 Å². The van der Waals surface area contributed by atoms with Crippen molar-refractivity contribution in [3.05, 3.63) is 42.1 Å². The third-order valence-corrected chi connectivity index (χ3v) is 2.62. The van der Waals surface area contributed by atoms with Gasteiger partial charge >= 0.3 is 0 Å². The van der Waals surface area contributed by atoms with Gasteiger partial charge in [0.05, 0.1) is 17.4 Å². The van der Waals surface area contributed by atoms with Crippen LogP contribution in [0.15, 0.2) is 36.5 Å². The molecule has 2 heterocycles. The van der Waals surface area contributed by atoms with Crippen LogP contribution in [-0.4, -0.2) is 20.0 Å². The highest BCUT2D eigenvalue weighted by Crippen LogP contribution is 2.18. The van der Waals surface area contributed by atoms with Crippen molar-refractivity contribution < 1.29 is 0 Å². The summed E-state index contributed by atoms with van der Waals surface area (Å²) in [5.74, 6) is 0.757. The number of fused-ring (bicyclic) bond motifs is 1. The van der Waals surface area contributed by atoms with Crippen LogP contribution in [0.1, 0.15) is 5.56 Å². The van der Waals surface area contributed by atoms with E-state index in [9.17, 15) is 0 Å². The molecule has 0 saturated carbocycles. The molecular weight excluding hydrogens is 214 g/mol. The molecular formula is C12H11N5. The van der Waals surface area contributed by atoms with Gasteiger partial charge in [0.1, 0.15) is 5.52 Å². The summed E-state index contributed by atoms with van der Waals surface area (Å²) in [5.41, 5.74) is 9.10. The van der Waals surface area contributed by atoms with Crippen molar-refractivity contribution in [1.29, 1.82) is 0 Å². The fraction of sp³-hybridized carbons (Fsp3) is 0.0833. The number of aromatic nitrogens is 4. The van der Waals surface area contributed by atoms with Gasteiger partial charge < -0.3 is 5.73 Å². The smallest absolute Gasteiger partial charge is 0.158 e. The molecule has 0 unspecified atom stereocenters. The molecule has 0 aliphatic carbocycles. The first-order valence-electron chi connectivity index (χ1n) is 5.28. The largest absolute Gasteiger partial charge is 0.397 e. The second-order valence-electron chi connectivity index (χ2n) is 3.90. The lowest BCUT2D eigenvalue weighted by Gasteiger charge is -2.05. The van der Waals surface area contributed by atoms with Gasteiger partial charge in [-0.3, -0.25) is 0 Å². The molecule has 0 spiro atoms. The molecule has 2 N–H and O–H groups in total. The maximum Gasteiger partial charge on any atom is 0.158 e. The van der Waals surface area contributed by atoms with E-state index in [0.29, 0.717) is 5.69 Å². The van der Waals surface area contributed by atoms with Crippen molar-refractivity contribution in [3.8, 4) is 5.82 Å². The monoisotopic (exact) mass is 225 g/mol. The fourth-order valence-electron chi connectivity index (χ4n) is 1.84. The summed E-state index contributed by atoms with van der Waals surface area (Å²) in [4.78, 5) is 4.31. The van der Waals surface area contributed by atoms with Gasteiger partial charge in [-0.05, 0) is 30.7 Å². The van der Waals surface area contributed by atoms with Gasteiger partial charge in [-0.2, -0.15) is 4.68 Å². The molecule has 1 aromatic carbocycles. The van der Waals surface area contributed by atoms with Crippen LogP contribution < -0.4 is 5.73 Å². The molecule has 0 atom stereocenters. The minimum absolute atomic E-state index is 0.649. The third kappa shape index (κ3) is 1.52. The van der Waals surface area contributed by atoms with Crippen molar-refractivity contribution in [2.24, 2.45) is 0 Å². The van der Waals surface area contributed by atoms with E-state index in [1.165, 1.54) is 0 Å². The van der Waals surface area contributed by atoms with Gasteiger partial charge in [-0.15, -0.1) is 5.10 Å². The molecule has 0 aliphatic rings. The molecule has 2 aromatic heterocycles. The molecule has 5 nitrogen and oxygen atoms in total. The Balaban J connectivity index is 2.27. The number of nitrogen functional groups attached to an aromatic ring is 1. The first-order valence-corrected chi connectivity index (χ1v) is 5.28. The molecule has 17 heavy (non-hydrogen) atoms. The van der Waals surface area contributed by atoms with Gasteiger partial charge in [-0.25, -0.2) is 4.98 Å². The Morgan fingerprint density at radius 1 is 1.24 bits per heavy atom. The maximum atomic E-state index is 5.69. The average Bonchev–Trinajstić information content (AvgIpc) is 2.73. The van der Waals surface area contributed by atoms with Crippen molar-refractivity contribution >= 4 is 16.7 Å². The zero-order valence-corrected chi connectivity index (χ0v) is 9.33. The van der Waals surface area contributed by atoms with Crippen LogP contribution in [0.2, 0.25) is 0 Å². The van der Waals surface area contributed by atoms with E-state index < -0.39 is 0 Å². The SMILES string of the molecule is Cc1cc(N)cnc1-n1nnc2ccccc21. The van der Waals surface area contributed by atoms with E-state index in [4.69, 9.17) is 5.73 Å². The fourth-order valence-corrected chi connectivity index (χ4v) is 1.84. The van der Waals surface area contributed by atoms with Gasteiger partial charge in [0.2, 0.25) is 0 Å². The van der Waals surface area contributed by atoms with Crippen LogP contribution in [0.5, 0.6) is 0 Å². The zero-order chi connectivity index (χ0) is 11.8. The molecule has 0 radical (unpaired) electrons. The standard InChI is InChI=1S/C12H11N5/c1-8-6-9(13)7-14-12(8)17-11-5-3-2-4-10(11)15-16-17/h2-7H,13H2,1H3. The second-order valence-corrected chi connectivity index (χ2v) is 3.90. The van der Waals surface area contributed by atoms with Gasteiger partial charge in [0, 0.05) is 0 Å². The lowest BCUT2D eigenvalue weighted by Crippen LogP contribution is -2.03. The Labute approximate surface area is 97.9 Å². The number of nitrogens with two attached hydrogens (primary N) is 1. The summed E-state index contributed by atoms with van der Waals surface area (Å²) in [5, 5.41) is 8.22. The first kappa shape index (κ1) is 9.77. The number of benzene rings is 1. The molecule has 0 fully saturated rings. The molecule has 5 heteroatoms. The average molecular weight is 225 g/mol. The first-order chi connectivity index (χ1) is 8.25. The van der Waals surface area contributed by atoms with Crippen molar-refractivity contribution in [2.75, 3.05) is 5.73 Å². The Morgan fingerprint density at radius 3 is 2.88 bits per heavy atom. The maximum absolute atomic E-state index is 5.69. The van der Waals surface area contributed by atoms with Crippen LogP contribution in [0, 0.1) is 6.92 Å². The summed E-state index contributed by atoms with van der Waals surface area (Å²) in [6.07, 6.45) is 1.62. The van der Waals surface area contributed by atoms with E-state index in [0.717, 1.165) is 22.4 Å². The van der Waals surface area contributed by atoms with E-state index in [1.807, 2.05) is 37.3 Å². The highest BCUT2D eigenvalue weighted by molar-refractivity contribution is 5.75. The quantitative estimate of drug-likeness (QED) is 0.684. The minimum Gasteiger partial charge on any atom is -0.397 e. The predicted octanol–water partition coefficient (Wildman–Crippen LogP) is 1.71. The molecule has 3 aromatic rings. The van der Waals surface area contributed by atoms with Gasteiger partial charge in [0.25, 0.3) is 0 Å². The van der Waals surface area contributed by atoms with Gasteiger partial charge in [0.15, 0.2) is 5.82 Å². The van der Waals surface area contributed by atoms with Crippen LogP contribution in [0.3, 0.4) is 0 Å². The Kier molecular flexibility index (Phi) is 2.04. The minimum atomic E-state index is 0.649. The van der Waals surface area contributed by atoms with E-state index >= 15 is 0 Å². The number of aryl methyl sites for hydroxylation is 1. The number of hydrogen-bond acceptors (Lipinski definition) is 4. The Morgan fingerprint density at radius 2 is 2.06 bits per heavy atom. The van der Waals surface area contributed by atoms with Crippen LogP contribution in [-0.2, 0) is 0 Å². The molecule has 3 rings (SSSR count). The van der Waals surface area contributed by atoms with E-state index in [1.54, 1.807) is 10.9 Å². The molecule has 0 bridgehead atoms. The predicted molar refractivity (Wildman–Crippen MR) is 65.8 cm³/mol. The van der Waals surface area contributed by atoms with Crippen LogP contribution >= 0.6 is 0 Å². The van der Waals surface area contributed by atoms with Crippen molar-refractivity contribution in [3.63, 3.8) is 0 Å². The van der Waals surface area contributed by atoms with E-state index in [-0.39, 0.29) is 0 Å². The van der Waals surface area contributed by atoms with Crippen LogP contribution in [0.25, 0.3) is 16.9 Å². The van der Waals surface area contributed by atoms with Crippen molar-refractivity contribution in [2.45, 2.75) is 6.92 Å². The lowest BCUT2D eigenvalue weighted by molar-refractivity contribution is 0.796. The van der Waals surface area contributed by atoms with Gasteiger partial charge in [-0.1, -0.05) is 17.3 Å². The highest BCUT2D eigenvalue weighted by Gasteiger charge is 2.09. The summed E-state index contributed by atoms with van der Waals surface area (Å²) >= 11 is 0. The normalized spacial score (nSPS) is 10.9. The third-order valence-electron chi connectivity index (χ3n) is 2.62. The Hall–Kier alpha value is -2.43. The molecule has 0 amide bonds. The summed E-state index contributed by atoms with van der Waals surface area (Å²) in [6.45, 7) is 1.95. The molecule has 0 saturated heterocycles. The Bertz CT molecular complexity index is 686. The van der Waals surface area contributed by atoms with Crippen molar-refractivity contribution in [1.82, 2.24) is 20.0 Å². The number of rotatable bonds is 1. The second kappa shape index (κ2) is 3.55. The number of hydrogen-bond donors (Lipinski definition) is 1. The lowest BCUT2D eigenvalue weighted by atomic mass is 10.2. The summed E-state index contributed by atoms with van der Waals surface area (Å²) < 4.78 is 1.73. The highest BCUT2D eigenvalue weighted by atomic mass is 15.4. The molecule has 84 valence electrons. The van der Waals surface area contributed by atoms with Crippen LogP contribution in [0.4, 0.5) is 5.69 Å². The number of pyridine rings is 1. The summed E-state index contributed by atoms with van der Waals surface area (Å²) in [6, 6.07) is 9.65. The van der Waals surface area contributed by atoms with E-state index in [2.05, 4.69) is 15.3 Å². The number of anilines is 1. The molecule has 0 aliphatic heterocycles. The number of nitrogens with zero attached hydrogens (tertiary/aromatic N) is 4. The zero-order valence-electron chi connectivity index (χ0n) is 9.33. The number of para-hydroxylation sites is 1. The summed E-state index contributed by atoms with van der Waals surface area (Å²) in [7, 11) is 0.